The summed E-state index contributed by atoms with van der Waals surface area (Å²) >= 11 is 0. The first-order valence-electron chi connectivity index (χ1n) is 9.10. The van der Waals surface area contributed by atoms with Crippen molar-refractivity contribution in [3.8, 4) is 0 Å². The van der Waals surface area contributed by atoms with Crippen LogP contribution < -0.4 is 15.1 Å². The molecule has 0 aliphatic carbocycles. The minimum atomic E-state index is -1.03. The topological polar surface area (TPSA) is 74.2 Å². The number of benzene rings is 1. The highest BCUT2D eigenvalue weighted by molar-refractivity contribution is 6.02. The molecule has 1 aliphatic rings. The van der Waals surface area contributed by atoms with Gasteiger partial charge in [-0.3, -0.25) is 4.79 Å². The monoisotopic (exact) mass is 396 g/mol. The SMILES string of the molecule is O=C(Nc1ccc(F)c(F)c1)c1ccnc(N2CCN(c3ccccn3)CC2)n1. The van der Waals surface area contributed by atoms with E-state index < -0.39 is 17.5 Å². The molecule has 3 heterocycles. The fraction of sp³-hybridized carbons (Fsp3) is 0.200. The first kappa shape index (κ1) is 18.7. The van der Waals surface area contributed by atoms with Gasteiger partial charge < -0.3 is 15.1 Å². The van der Waals surface area contributed by atoms with Crippen molar-refractivity contribution in [2.45, 2.75) is 0 Å². The molecule has 1 fully saturated rings. The van der Waals surface area contributed by atoms with Crippen molar-refractivity contribution in [3.63, 3.8) is 0 Å². The zero-order valence-corrected chi connectivity index (χ0v) is 15.4. The van der Waals surface area contributed by atoms with E-state index in [1.807, 2.05) is 23.1 Å². The number of pyridine rings is 1. The number of carbonyl (C=O) groups excluding carboxylic acids is 1. The first-order valence-corrected chi connectivity index (χ1v) is 9.10. The van der Waals surface area contributed by atoms with Gasteiger partial charge in [-0.15, -0.1) is 0 Å². The van der Waals surface area contributed by atoms with E-state index in [4.69, 9.17) is 0 Å². The van der Waals surface area contributed by atoms with Crippen LogP contribution in [0.4, 0.5) is 26.2 Å². The van der Waals surface area contributed by atoms with Crippen molar-refractivity contribution >= 4 is 23.4 Å². The molecular weight excluding hydrogens is 378 g/mol. The van der Waals surface area contributed by atoms with Crippen molar-refractivity contribution in [3.05, 3.63) is 72.2 Å². The van der Waals surface area contributed by atoms with E-state index in [1.165, 1.54) is 18.3 Å². The highest BCUT2D eigenvalue weighted by Crippen LogP contribution is 2.17. The van der Waals surface area contributed by atoms with Crippen molar-refractivity contribution in [2.75, 3.05) is 41.3 Å². The van der Waals surface area contributed by atoms with Crippen molar-refractivity contribution in [1.29, 1.82) is 0 Å². The molecule has 7 nitrogen and oxygen atoms in total. The third kappa shape index (κ3) is 4.29. The zero-order chi connectivity index (χ0) is 20.2. The van der Waals surface area contributed by atoms with Gasteiger partial charge >= 0.3 is 0 Å². The van der Waals surface area contributed by atoms with Crippen LogP contribution in [0, 0.1) is 11.6 Å². The van der Waals surface area contributed by atoms with E-state index in [9.17, 15) is 13.6 Å². The van der Waals surface area contributed by atoms with E-state index in [0.717, 1.165) is 31.0 Å². The summed E-state index contributed by atoms with van der Waals surface area (Å²) in [4.78, 5) is 29.6. The van der Waals surface area contributed by atoms with Gasteiger partial charge in [0.15, 0.2) is 11.6 Å². The molecular formula is C20H18F2N6O. The Balaban J connectivity index is 1.42. The second-order valence-electron chi connectivity index (χ2n) is 6.49. The average Bonchev–Trinajstić information content (AvgIpc) is 2.77. The maximum atomic E-state index is 13.3. The highest BCUT2D eigenvalue weighted by Gasteiger charge is 2.21. The van der Waals surface area contributed by atoms with Crippen LogP contribution >= 0.6 is 0 Å². The normalized spacial score (nSPS) is 14.0. The van der Waals surface area contributed by atoms with Crippen LogP contribution in [0.3, 0.4) is 0 Å². The maximum Gasteiger partial charge on any atom is 0.274 e. The fourth-order valence-electron chi connectivity index (χ4n) is 3.07. The number of hydrogen-bond donors (Lipinski definition) is 1. The molecule has 0 spiro atoms. The summed E-state index contributed by atoms with van der Waals surface area (Å²) in [5.74, 6) is -1.16. The lowest BCUT2D eigenvalue weighted by Crippen LogP contribution is -2.47. The quantitative estimate of drug-likeness (QED) is 0.731. The van der Waals surface area contributed by atoms with Gasteiger partial charge in [-0.25, -0.2) is 23.7 Å². The maximum absolute atomic E-state index is 13.3. The minimum Gasteiger partial charge on any atom is -0.353 e. The number of nitrogens with one attached hydrogen (secondary N) is 1. The second kappa shape index (κ2) is 8.17. The van der Waals surface area contributed by atoms with Crippen LogP contribution in [0.15, 0.2) is 54.9 Å². The summed E-state index contributed by atoms with van der Waals surface area (Å²) in [5, 5.41) is 2.51. The third-order valence-electron chi connectivity index (χ3n) is 4.59. The molecule has 29 heavy (non-hydrogen) atoms. The van der Waals surface area contributed by atoms with E-state index >= 15 is 0 Å². The lowest BCUT2D eigenvalue weighted by atomic mass is 10.3. The molecule has 148 valence electrons. The van der Waals surface area contributed by atoms with E-state index in [1.54, 1.807) is 6.20 Å². The number of aromatic nitrogens is 3. The lowest BCUT2D eigenvalue weighted by Gasteiger charge is -2.35. The fourth-order valence-corrected chi connectivity index (χ4v) is 3.07. The Labute approximate surface area is 166 Å². The summed E-state index contributed by atoms with van der Waals surface area (Å²) in [6.07, 6.45) is 3.27. The standard InChI is InChI=1S/C20H18F2N6O/c21-15-5-4-14(13-16(15)22)25-19(29)17-6-8-24-20(26-17)28-11-9-27(10-12-28)18-3-1-2-7-23-18/h1-8,13H,9-12H2,(H,25,29). The number of rotatable bonds is 4. The Morgan fingerprint density at radius 3 is 2.41 bits per heavy atom. The van der Waals surface area contributed by atoms with Crippen LogP contribution in [0.1, 0.15) is 10.5 Å². The molecule has 2 aromatic heterocycles. The van der Waals surface area contributed by atoms with Gasteiger partial charge in [0.1, 0.15) is 11.5 Å². The molecule has 1 saturated heterocycles. The molecule has 0 bridgehead atoms. The molecule has 3 aromatic rings. The van der Waals surface area contributed by atoms with Crippen molar-refractivity contribution in [2.24, 2.45) is 0 Å². The lowest BCUT2D eigenvalue weighted by molar-refractivity contribution is 0.102. The van der Waals surface area contributed by atoms with Crippen LogP contribution in [0.2, 0.25) is 0 Å². The predicted molar refractivity (Wildman–Crippen MR) is 105 cm³/mol. The van der Waals surface area contributed by atoms with E-state index in [-0.39, 0.29) is 11.4 Å². The molecule has 9 heteroatoms. The van der Waals surface area contributed by atoms with Gasteiger partial charge in [-0.2, -0.15) is 0 Å². The Bertz CT molecular complexity index is 1010. The number of nitrogens with zero attached hydrogens (tertiary/aromatic N) is 5. The zero-order valence-electron chi connectivity index (χ0n) is 15.4. The Morgan fingerprint density at radius 1 is 0.897 bits per heavy atom. The van der Waals surface area contributed by atoms with Crippen LogP contribution in [-0.4, -0.2) is 47.0 Å². The molecule has 1 aromatic carbocycles. The van der Waals surface area contributed by atoms with Gasteiger partial charge in [0.2, 0.25) is 5.95 Å². The molecule has 4 rings (SSSR count). The van der Waals surface area contributed by atoms with Gasteiger partial charge in [-0.05, 0) is 30.3 Å². The number of anilines is 3. The van der Waals surface area contributed by atoms with Gasteiger partial charge in [0.25, 0.3) is 5.91 Å². The van der Waals surface area contributed by atoms with Gasteiger partial charge in [0, 0.05) is 50.3 Å². The summed E-state index contributed by atoms with van der Waals surface area (Å²) in [6.45, 7) is 2.88. The summed E-state index contributed by atoms with van der Waals surface area (Å²) in [5.41, 5.74) is 0.296. The number of amides is 1. The van der Waals surface area contributed by atoms with Crippen molar-refractivity contribution in [1.82, 2.24) is 15.0 Å². The molecule has 0 saturated carbocycles. The molecule has 1 N–H and O–H groups in total. The molecule has 1 aliphatic heterocycles. The number of piperazine rings is 1. The van der Waals surface area contributed by atoms with Crippen molar-refractivity contribution < 1.29 is 13.6 Å². The first-order chi connectivity index (χ1) is 14.1. The Kier molecular flexibility index (Phi) is 5.28. The largest absolute Gasteiger partial charge is 0.353 e. The van der Waals surface area contributed by atoms with Crippen LogP contribution in [-0.2, 0) is 0 Å². The Hall–Kier alpha value is -3.62. The van der Waals surface area contributed by atoms with Gasteiger partial charge in [0.05, 0.1) is 0 Å². The van der Waals surface area contributed by atoms with Crippen LogP contribution in [0.5, 0.6) is 0 Å². The predicted octanol–water partition coefficient (Wildman–Crippen LogP) is 2.73. The summed E-state index contributed by atoms with van der Waals surface area (Å²) in [7, 11) is 0. The smallest absolute Gasteiger partial charge is 0.274 e. The third-order valence-corrected chi connectivity index (χ3v) is 4.59. The average molecular weight is 396 g/mol. The minimum absolute atomic E-state index is 0.145. The molecule has 0 unspecified atom stereocenters. The molecule has 1 amide bonds. The Morgan fingerprint density at radius 2 is 1.69 bits per heavy atom. The van der Waals surface area contributed by atoms with Crippen LogP contribution in [0.25, 0.3) is 0 Å². The number of carbonyl (C=O) groups is 1. The molecule has 0 radical (unpaired) electrons. The number of halogens is 2. The summed E-state index contributed by atoms with van der Waals surface area (Å²) < 4.78 is 26.4. The molecule has 0 atom stereocenters. The van der Waals surface area contributed by atoms with E-state index in [0.29, 0.717) is 19.0 Å². The second-order valence-corrected chi connectivity index (χ2v) is 6.49. The number of hydrogen-bond acceptors (Lipinski definition) is 6. The van der Waals surface area contributed by atoms with E-state index in [2.05, 4.69) is 25.2 Å². The summed E-state index contributed by atoms with van der Waals surface area (Å²) in [6, 6.07) is 10.4. The highest BCUT2D eigenvalue weighted by atomic mass is 19.2. The van der Waals surface area contributed by atoms with Gasteiger partial charge in [-0.1, -0.05) is 6.07 Å².